The highest BCUT2D eigenvalue weighted by Gasteiger charge is 2.30. The molecular weight excluding hydrogens is 275 g/mol. The Labute approximate surface area is 110 Å². The number of H-pyrrole nitrogens is 1. The zero-order valence-electron chi connectivity index (χ0n) is 9.86. The topological polar surface area (TPSA) is 74.8 Å². The molecule has 20 heavy (non-hydrogen) atoms. The van der Waals surface area contributed by atoms with Crippen LogP contribution in [0.3, 0.4) is 0 Å². The van der Waals surface area contributed by atoms with E-state index in [0.717, 1.165) is 24.5 Å². The zero-order valence-corrected chi connectivity index (χ0v) is 9.86. The van der Waals surface area contributed by atoms with E-state index in [-0.39, 0.29) is 11.4 Å². The lowest BCUT2D eigenvalue weighted by molar-refractivity contribution is -0.137. The number of nitrogens with one attached hydrogen (secondary N) is 2. The molecule has 0 spiro atoms. The molecule has 1 aromatic heterocycles. The number of carbonyl (C=O) groups is 1. The number of nitrogens with zero attached hydrogens (tertiary/aromatic N) is 1. The SMILES string of the molecule is O=C(Nc1cccc(C(F)(F)F)c1)c1c[nH]c(=O)cn1. The van der Waals surface area contributed by atoms with E-state index >= 15 is 0 Å². The third-order valence-corrected chi connectivity index (χ3v) is 2.35. The summed E-state index contributed by atoms with van der Waals surface area (Å²) < 4.78 is 37.5. The van der Waals surface area contributed by atoms with E-state index in [2.05, 4.69) is 15.3 Å². The van der Waals surface area contributed by atoms with Crippen molar-refractivity contribution in [2.75, 3.05) is 5.32 Å². The van der Waals surface area contributed by atoms with Gasteiger partial charge < -0.3 is 10.3 Å². The maximum absolute atomic E-state index is 12.5. The molecule has 0 unspecified atom stereocenters. The molecule has 0 aliphatic heterocycles. The molecule has 0 radical (unpaired) electrons. The molecule has 0 fully saturated rings. The highest BCUT2D eigenvalue weighted by Crippen LogP contribution is 2.30. The van der Waals surface area contributed by atoms with Gasteiger partial charge in [0, 0.05) is 11.9 Å². The van der Waals surface area contributed by atoms with Gasteiger partial charge in [0.2, 0.25) is 0 Å². The normalized spacial score (nSPS) is 11.2. The minimum Gasteiger partial charge on any atom is -0.325 e. The maximum Gasteiger partial charge on any atom is 0.416 e. The van der Waals surface area contributed by atoms with Gasteiger partial charge in [-0.25, -0.2) is 4.98 Å². The first-order valence-corrected chi connectivity index (χ1v) is 5.39. The Balaban J connectivity index is 2.20. The van der Waals surface area contributed by atoms with Gasteiger partial charge in [0.1, 0.15) is 5.69 Å². The smallest absolute Gasteiger partial charge is 0.325 e. The van der Waals surface area contributed by atoms with Gasteiger partial charge in [-0.05, 0) is 18.2 Å². The molecular formula is C12H8F3N3O2. The Morgan fingerprint density at radius 3 is 2.65 bits per heavy atom. The van der Waals surface area contributed by atoms with Gasteiger partial charge in [0.15, 0.2) is 0 Å². The summed E-state index contributed by atoms with van der Waals surface area (Å²) in [5.74, 6) is -0.722. The number of carbonyl (C=O) groups excluding carboxylic acids is 1. The average molecular weight is 283 g/mol. The van der Waals surface area contributed by atoms with Crippen LogP contribution in [0.5, 0.6) is 0 Å². The van der Waals surface area contributed by atoms with Crippen LogP contribution < -0.4 is 10.9 Å². The first-order chi connectivity index (χ1) is 9.36. The van der Waals surface area contributed by atoms with E-state index in [0.29, 0.717) is 0 Å². The lowest BCUT2D eigenvalue weighted by atomic mass is 10.2. The summed E-state index contributed by atoms with van der Waals surface area (Å²) >= 11 is 0. The fourth-order valence-corrected chi connectivity index (χ4v) is 1.43. The van der Waals surface area contributed by atoms with Crippen molar-refractivity contribution in [1.29, 1.82) is 0 Å². The van der Waals surface area contributed by atoms with E-state index in [1.165, 1.54) is 12.1 Å². The molecule has 0 aliphatic carbocycles. The summed E-state index contributed by atoms with van der Waals surface area (Å²) in [4.78, 5) is 28.3. The fraction of sp³-hybridized carbons (Fsp3) is 0.0833. The number of benzene rings is 1. The number of halogens is 3. The van der Waals surface area contributed by atoms with Crippen molar-refractivity contribution in [3.63, 3.8) is 0 Å². The molecule has 8 heteroatoms. The first kappa shape index (κ1) is 13.8. The number of anilines is 1. The van der Waals surface area contributed by atoms with E-state index in [1.807, 2.05) is 0 Å². The lowest BCUT2D eigenvalue weighted by Gasteiger charge is -2.09. The van der Waals surface area contributed by atoms with Gasteiger partial charge >= 0.3 is 6.18 Å². The molecule has 1 heterocycles. The molecule has 1 aromatic carbocycles. The quantitative estimate of drug-likeness (QED) is 0.885. The minimum atomic E-state index is -4.49. The van der Waals surface area contributed by atoms with Crippen LogP contribution in [0.1, 0.15) is 16.1 Å². The first-order valence-electron chi connectivity index (χ1n) is 5.39. The van der Waals surface area contributed by atoms with Crippen LogP contribution in [0.4, 0.5) is 18.9 Å². The molecule has 2 N–H and O–H groups in total. The van der Waals surface area contributed by atoms with E-state index in [9.17, 15) is 22.8 Å². The van der Waals surface area contributed by atoms with Crippen molar-refractivity contribution in [2.24, 2.45) is 0 Å². The summed E-state index contributed by atoms with van der Waals surface area (Å²) in [5, 5.41) is 2.27. The minimum absolute atomic E-state index is 0.0159. The highest BCUT2D eigenvalue weighted by atomic mass is 19.4. The van der Waals surface area contributed by atoms with Gasteiger partial charge in [0.05, 0.1) is 11.8 Å². The second kappa shape index (κ2) is 5.16. The van der Waals surface area contributed by atoms with E-state index < -0.39 is 23.2 Å². The molecule has 104 valence electrons. The van der Waals surface area contributed by atoms with Crippen molar-refractivity contribution in [1.82, 2.24) is 9.97 Å². The summed E-state index contributed by atoms with van der Waals surface area (Å²) in [7, 11) is 0. The molecule has 0 atom stereocenters. The monoisotopic (exact) mass is 283 g/mol. The number of hydrogen-bond donors (Lipinski definition) is 2. The highest BCUT2D eigenvalue weighted by molar-refractivity contribution is 6.02. The molecule has 2 aromatic rings. The summed E-state index contributed by atoms with van der Waals surface area (Å²) in [6.45, 7) is 0. The van der Waals surface area contributed by atoms with Gasteiger partial charge in [-0.2, -0.15) is 13.2 Å². The van der Waals surface area contributed by atoms with Crippen molar-refractivity contribution < 1.29 is 18.0 Å². The predicted octanol–water partition coefficient (Wildman–Crippen LogP) is 2.04. The number of aromatic amines is 1. The predicted molar refractivity (Wildman–Crippen MR) is 64.3 cm³/mol. The third-order valence-electron chi connectivity index (χ3n) is 2.35. The second-order valence-electron chi connectivity index (χ2n) is 3.83. The van der Waals surface area contributed by atoms with Crippen molar-refractivity contribution >= 4 is 11.6 Å². The Bertz CT molecular complexity index is 674. The molecule has 0 bridgehead atoms. The molecule has 0 saturated heterocycles. The number of amides is 1. The van der Waals surface area contributed by atoms with Gasteiger partial charge in [0.25, 0.3) is 11.5 Å². The van der Waals surface area contributed by atoms with E-state index in [1.54, 1.807) is 0 Å². The Morgan fingerprint density at radius 2 is 2.05 bits per heavy atom. The number of aromatic nitrogens is 2. The van der Waals surface area contributed by atoms with Gasteiger partial charge in [-0.3, -0.25) is 9.59 Å². The zero-order chi connectivity index (χ0) is 14.8. The maximum atomic E-state index is 12.5. The van der Waals surface area contributed by atoms with Gasteiger partial charge in [-0.15, -0.1) is 0 Å². The second-order valence-corrected chi connectivity index (χ2v) is 3.83. The fourth-order valence-electron chi connectivity index (χ4n) is 1.43. The van der Waals surface area contributed by atoms with Crippen LogP contribution in [0.2, 0.25) is 0 Å². The summed E-state index contributed by atoms with van der Waals surface area (Å²) in [6, 6.07) is 4.20. The van der Waals surface area contributed by atoms with Crippen LogP contribution in [0.15, 0.2) is 41.5 Å². The number of alkyl halides is 3. The average Bonchev–Trinajstić information content (AvgIpc) is 2.38. The molecule has 5 nitrogen and oxygen atoms in total. The van der Waals surface area contributed by atoms with Gasteiger partial charge in [-0.1, -0.05) is 6.07 Å². The largest absolute Gasteiger partial charge is 0.416 e. The number of hydrogen-bond acceptors (Lipinski definition) is 3. The van der Waals surface area contributed by atoms with Crippen LogP contribution >= 0.6 is 0 Å². The van der Waals surface area contributed by atoms with E-state index in [4.69, 9.17) is 0 Å². The number of rotatable bonds is 2. The standard InChI is InChI=1S/C12H8F3N3O2/c13-12(14,15)7-2-1-3-8(4-7)18-11(20)9-5-17-10(19)6-16-9/h1-6H,(H,17,19)(H,18,20). The molecule has 2 rings (SSSR count). The van der Waals surface area contributed by atoms with Crippen LogP contribution in [-0.4, -0.2) is 15.9 Å². The van der Waals surface area contributed by atoms with Crippen molar-refractivity contribution in [3.05, 3.63) is 58.3 Å². The van der Waals surface area contributed by atoms with Crippen molar-refractivity contribution in [3.8, 4) is 0 Å². The summed E-state index contributed by atoms with van der Waals surface area (Å²) in [6.07, 6.45) is -2.51. The lowest BCUT2D eigenvalue weighted by Crippen LogP contribution is -2.17. The Morgan fingerprint density at radius 1 is 1.30 bits per heavy atom. The Hall–Kier alpha value is -2.64. The third kappa shape index (κ3) is 3.22. The van der Waals surface area contributed by atoms with Crippen LogP contribution in [0.25, 0.3) is 0 Å². The summed E-state index contributed by atoms with van der Waals surface area (Å²) in [5.41, 5.74) is -1.48. The van der Waals surface area contributed by atoms with Crippen LogP contribution in [0, 0.1) is 0 Å². The Kier molecular flexibility index (Phi) is 3.55. The van der Waals surface area contributed by atoms with Crippen molar-refractivity contribution in [2.45, 2.75) is 6.18 Å². The molecule has 0 aliphatic rings. The van der Waals surface area contributed by atoms with Crippen LogP contribution in [-0.2, 0) is 6.18 Å². The molecule has 1 amide bonds. The molecule has 0 saturated carbocycles.